The van der Waals surface area contributed by atoms with Gasteiger partial charge in [0.25, 0.3) is 0 Å². The summed E-state index contributed by atoms with van der Waals surface area (Å²) < 4.78 is 10.6. The fraction of sp³-hybridized carbons (Fsp3) is 0.871. The maximum absolute atomic E-state index is 12.2. The first-order valence-corrected chi connectivity index (χ1v) is 16.1. The van der Waals surface area contributed by atoms with Gasteiger partial charge in [-0.05, 0) is 24.8 Å². The van der Waals surface area contributed by atoms with Crippen LogP contribution < -0.4 is 10.6 Å². The van der Waals surface area contributed by atoms with Crippen LogP contribution in [0.5, 0.6) is 0 Å². The molecule has 0 aromatic heterocycles. The van der Waals surface area contributed by atoms with Crippen LogP contribution in [0.3, 0.4) is 0 Å². The van der Waals surface area contributed by atoms with E-state index >= 15 is 0 Å². The summed E-state index contributed by atoms with van der Waals surface area (Å²) in [5.74, 6) is -1.75. The molecule has 0 fully saturated rings. The third-order valence-corrected chi connectivity index (χ3v) is 7.03. The zero-order valence-corrected chi connectivity index (χ0v) is 26.9. The van der Waals surface area contributed by atoms with Crippen molar-refractivity contribution >= 4 is 23.6 Å². The SMILES string of the molecule is CC(C)(C)C(=O)COCCOCCNC(=O)CC[C@@H](NC(=O)CCCCCCCCCCCCCCCN=[N+]=[N-])C(=O)O. The van der Waals surface area contributed by atoms with Gasteiger partial charge in [0.2, 0.25) is 11.8 Å². The van der Waals surface area contributed by atoms with Crippen molar-refractivity contribution in [2.75, 3.05) is 39.5 Å². The molecule has 0 unspecified atom stereocenters. The smallest absolute Gasteiger partial charge is 0.326 e. The lowest BCUT2D eigenvalue weighted by Crippen LogP contribution is -2.41. The summed E-state index contributed by atoms with van der Waals surface area (Å²) in [5.41, 5.74) is 7.80. The van der Waals surface area contributed by atoms with Gasteiger partial charge in [-0.15, -0.1) is 0 Å². The summed E-state index contributed by atoms with van der Waals surface area (Å²) in [6, 6.07) is -1.10. The van der Waals surface area contributed by atoms with Gasteiger partial charge in [-0.2, -0.15) is 0 Å². The third kappa shape index (κ3) is 26.7. The monoisotopic (exact) mass is 611 g/mol. The van der Waals surface area contributed by atoms with Crippen LogP contribution in [0.2, 0.25) is 0 Å². The van der Waals surface area contributed by atoms with E-state index in [2.05, 4.69) is 20.7 Å². The molecule has 248 valence electrons. The maximum atomic E-state index is 12.2. The highest BCUT2D eigenvalue weighted by atomic mass is 16.5. The minimum absolute atomic E-state index is 0.0147. The van der Waals surface area contributed by atoms with E-state index in [1.54, 1.807) is 0 Å². The van der Waals surface area contributed by atoms with Crippen LogP contribution in [0.1, 0.15) is 124 Å². The predicted octanol–water partition coefficient (Wildman–Crippen LogP) is 5.87. The molecule has 0 radical (unpaired) electrons. The molecule has 3 N–H and O–H groups in total. The number of rotatable bonds is 29. The molecular weight excluding hydrogens is 554 g/mol. The first kappa shape index (κ1) is 40.3. The van der Waals surface area contributed by atoms with Crippen molar-refractivity contribution in [1.82, 2.24) is 10.6 Å². The Kier molecular flexibility index (Phi) is 25.2. The molecule has 0 rings (SSSR count). The number of nitrogens with one attached hydrogen (secondary N) is 2. The van der Waals surface area contributed by atoms with Gasteiger partial charge >= 0.3 is 5.97 Å². The van der Waals surface area contributed by atoms with Gasteiger partial charge in [0.1, 0.15) is 12.6 Å². The van der Waals surface area contributed by atoms with Crippen LogP contribution in [0.4, 0.5) is 0 Å². The van der Waals surface area contributed by atoms with Crippen LogP contribution in [0.15, 0.2) is 5.11 Å². The highest BCUT2D eigenvalue weighted by Crippen LogP contribution is 2.14. The van der Waals surface area contributed by atoms with Crippen molar-refractivity contribution in [2.24, 2.45) is 10.5 Å². The standard InChI is InChI=1S/C31H57N5O7/c1-31(2,3)27(37)25-43-24-23-42-22-21-33-28(38)19-18-26(30(40)41)35-29(39)17-15-13-11-9-7-5-4-6-8-10-12-14-16-20-34-36-32/h26H,4-25H2,1-3H3,(H,33,38)(H,35,39)(H,40,41)/t26-/m1/s1. The lowest BCUT2D eigenvalue weighted by Gasteiger charge is -2.16. The van der Waals surface area contributed by atoms with E-state index in [9.17, 15) is 24.3 Å². The van der Waals surface area contributed by atoms with E-state index in [1.165, 1.54) is 44.9 Å². The van der Waals surface area contributed by atoms with E-state index in [0.29, 0.717) is 13.2 Å². The highest BCUT2D eigenvalue weighted by Gasteiger charge is 2.21. The number of hydrogen-bond acceptors (Lipinski definition) is 7. The number of carboxylic acids is 1. The molecule has 0 heterocycles. The summed E-state index contributed by atoms with van der Waals surface area (Å²) in [6.07, 6.45) is 14.9. The number of hydrogen-bond donors (Lipinski definition) is 3. The molecule has 0 spiro atoms. The van der Waals surface area contributed by atoms with Crippen LogP contribution in [0, 0.1) is 5.41 Å². The van der Waals surface area contributed by atoms with Gasteiger partial charge in [-0.25, -0.2) is 4.79 Å². The number of carboxylic acid groups (broad SMARTS) is 1. The lowest BCUT2D eigenvalue weighted by molar-refractivity contribution is -0.142. The molecule has 0 saturated carbocycles. The molecule has 0 aromatic carbocycles. The Bertz CT molecular complexity index is 826. The van der Waals surface area contributed by atoms with Crippen molar-refractivity contribution in [3.63, 3.8) is 0 Å². The summed E-state index contributed by atoms with van der Waals surface area (Å²) in [5, 5.41) is 18.2. The minimum Gasteiger partial charge on any atom is -0.480 e. The topological polar surface area (TPSA) is 180 Å². The summed E-state index contributed by atoms with van der Waals surface area (Å²) in [6.45, 7) is 7.26. The van der Waals surface area contributed by atoms with Crippen molar-refractivity contribution in [3.05, 3.63) is 10.4 Å². The molecule has 0 aliphatic heterocycles. The second kappa shape index (κ2) is 26.9. The van der Waals surface area contributed by atoms with Crippen LogP contribution in [-0.2, 0) is 28.7 Å². The molecule has 12 heteroatoms. The van der Waals surface area contributed by atoms with Crippen molar-refractivity contribution < 1.29 is 33.8 Å². The van der Waals surface area contributed by atoms with Crippen LogP contribution in [0.25, 0.3) is 10.4 Å². The Morgan fingerprint density at radius 2 is 1.30 bits per heavy atom. The molecule has 0 aliphatic carbocycles. The third-order valence-electron chi connectivity index (χ3n) is 7.03. The average molecular weight is 612 g/mol. The summed E-state index contributed by atoms with van der Waals surface area (Å²) in [4.78, 5) is 50.3. The molecule has 1 atom stereocenters. The van der Waals surface area contributed by atoms with Gasteiger partial charge in [0.15, 0.2) is 5.78 Å². The number of azide groups is 1. The minimum atomic E-state index is -1.15. The quantitative estimate of drug-likeness (QED) is 0.0409. The number of ether oxygens (including phenoxy) is 2. The summed E-state index contributed by atoms with van der Waals surface area (Å²) in [7, 11) is 0. The normalized spacial score (nSPS) is 11.9. The van der Waals surface area contributed by atoms with Gasteiger partial charge in [0, 0.05) is 36.3 Å². The zero-order valence-electron chi connectivity index (χ0n) is 26.9. The second-order valence-corrected chi connectivity index (χ2v) is 12.0. The zero-order chi connectivity index (χ0) is 32.2. The van der Waals surface area contributed by atoms with Gasteiger partial charge in [-0.3, -0.25) is 14.4 Å². The summed E-state index contributed by atoms with van der Waals surface area (Å²) >= 11 is 0. The van der Waals surface area contributed by atoms with E-state index < -0.39 is 17.4 Å². The largest absolute Gasteiger partial charge is 0.480 e. The van der Waals surface area contributed by atoms with Crippen molar-refractivity contribution in [2.45, 2.75) is 130 Å². The Morgan fingerprint density at radius 3 is 1.84 bits per heavy atom. The maximum Gasteiger partial charge on any atom is 0.326 e. The first-order chi connectivity index (χ1) is 20.6. The fourth-order valence-corrected chi connectivity index (χ4v) is 4.21. The van der Waals surface area contributed by atoms with Crippen LogP contribution in [-0.4, -0.2) is 74.2 Å². The molecule has 0 saturated heterocycles. The lowest BCUT2D eigenvalue weighted by atomic mass is 9.91. The number of aliphatic carboxylic acids is 1. The molecule has 2 amide bonds. The Morgan fingerprint density at radius 1 is 0.767 bits per heavy atom. The van der Waals surface area contributed by atoms with E-state index in [4.69, 9.17) is 15.0 Å². The Balaban J connectivity index is 3.73. The number of ketones is 1. The second-order valence-electron chi connectivity index (χ2n) is 12.0. The van der Waals surface area contributed by atoms with Crippen molar-refractivity contribution in [3.8, 4) is 0 Å². The number of unbranched alkanes of at least 4 members (excludes halogenated alkanes) is 12. The Hall–Kier alpha value is -2.69. The highest BCUT2D eigenvalue weighted by molar-refractivity contribution is 5.85. The molecule has 12 nitrogen and oxygen atoms in total. The molecule has 43 heavy (non-hydrogen) atoms. The number of amides is 2. The molecule has 0 bridgehead atoms. The first-order valence-electron chi connectivity index (χ1n) is 16.1. The van der Waals surface area contributed by atoms with E-state index in [1.807, 2.05) is 20.8 Å². The number of Topliss-reactive ketones (excluding diaryl/α,β-unsaturated/α-hetero) is 1. The van der Waals surface area contributed by atoms with Gasteiger partial charge < -0.3 is 25.2 Å². The van der Waals surface area contributed by atoms with Crippen LogP contribution >= 0.6 is 0 Å². The average Bonchev–Trinajstić information content (AvgIpc) is 2.95. The molecule has 0 aliphatic rings. The number of nitrogens with zero attached hydrogens (tertiary/aromatic N) is 3. The van der Waals surface area contributed by atoms with E-state index in [0.717, 1.165) is 38.5 Å². The van der Waals surface area contributed by atoms with E-state index in [-0.39, 0.29) is 63.2 Å². The molecular formula is C31H57N5O7. The van der Waals surface area contributed by atoms with Gasteiger partial charge in [0.05, 0.1) is 19.8 Å². The van der Waals surface area contributed by atoms with Gasteiger partial charge in [-0.1, -0.05) is 96.5 Å². The van der Waals surface area contributed by atoms with Crippen molar-refractivity contribution in [1.29, 1.82) is 0 Å². The fourth-order valence-electron chi connectivity index (χ4n) is 4.21. The predicted molar refractivity (Wildman–Crippen MR) is 167 cm³/mol. The number of carbonyl (C=O) groups is 4. The Labute approximate surface area is 258 Å². The molecule has 0 aromatic rings. The number of carbonyl (C=O) groups excluding carboxylic acids is 3.